The topological polar surface area (TPSA) is 64.6 Å². The van der Waals surface area contributed by atoms with Crippen molar-refractivity contribution < 1.29 is 19.1 Å². The molecule has 126 valence electrons. The Bertz CT molecular complexity index is 732. The van der Waals surface area contributed by atoms with Crippen molar-refractivity contribution in [2.24, 2.45) is 0 Å². The Morgan fingerprint density at radius 3 is 2.46 bits per heavy atom. The fourth-order valence-corrected chi connectivity index (χ4v) is 2.24. The molecule has 0 spiro atoms. The summed E-state index contributed by atoms with van der Waals surface area (Å²) in [5.74, 6) is -0.392. The SMILES string of the molecule is COc1ccc(CNC(=O)COC(=O)c2cccc(Cl)c2Cl)cc1. The molecule has 2 aromatic carbocycles. The van der Waals surface area contributed by atoms with Gasteiger partial charge in [0.05, 0.1) is 22.7 Å². The van der Waals surface area contributed by atoms with Crippen molar-refractivity contribution in [1.82, 2.24) is 5.32 Å². The predicted molar refractivity (Wildman–Crippen MR) is 91.6 cm³/mol. The fourth-order valence-electron chi connectivity index (χ4n) is 1.87. The number of methoxy groups -OCH3 is 1. The highest BCUT2D eigenvalue weighted by atomic mass is 35.5. The maximum absolute atomic E-state index is 11.9. The molecule has 1 N–H and O–H groups in total. The van der Waals surface area contributed by atoms with Crippen LogP contribution in [-0.4, -0.2) is 25.6 Å². The highest BCUT2D eigenvalue weighted by Gasteiger charge is 2.15. The molecule has 0 aliphatic rings. The van der Waals surface area contributed by atoms with Crippen LogP contribution in [0, 0.1) is 0 Å². The van der Waals surface area contributed by atoms with Crippen molar-refractivity contribution in [3.63, 3.8) is 0 Å². The molecule has 2 rings (SSSR count). The maximum Gasteiger partial charge on any atom is 0.340 e. The lowest BCUT2D eigenvalue weighted by molar-refractivity contribution is -0.124. The zero-order chi connectivity index (χ0) is 17.5. The van der Waals surface area contributed by atoms with E-state index in [4.69, 9.17) is 32.7 Å². The number of carbonyl (C=O) groups is 2. The highest BCUT2D eigenvalue weighted by molar-refractivity contribution is 6.43. The fraction of sp³-hybridized carbons (Fsp3) is 0.176. The van der Waals surface area contributed by atoms with Gasteiger partial charge in [-0.3, -0.25) is 4.79 Å². The van der Waals surface area contributed by atoms with Crippen LogP contribution in [0.1, 0.15) is 15.9 Å². The molecule has 0 fully saturated rings. The Balaban J connectivity index is 1.82. The predicted octanol–water partition coefficient (Wildman–Crippen LogP) is 3.48. The number of rotatable bonds is 6. The normalized spacial score (nSPS) is 10.1. The third kappa shape index (κ3) is 4.88. The van der Waals surface area contributed by atoms with Gasteiger partial charge >= 0.3 is 5.97 Å². The van der Waals surface area contributed by atoms with E-state index in [1.165, 1.54) is 6.07 Å². The van der Waals surface area contributed by atoms with Gasteiger partial charge < -0.3 is 14.8 Å². The molecule has 24 heavy (non-hydrogen) atoms. The standard InChI is InChI=1S/C17H15Cl2NO4/c1-23-12-7-5-11(6-8-12)9-20-15(21)10-24-17(22)13-3-2-4-14(18)16(13)19/h2-8H,9-10H2,1H3,(H,20,21). The minimum Gasteiger partial charge on any atom is -0.497 e. The van der Waals surface area contributed by atoms with Gasteiger partial charge in [-0.1, -0.05) is 41.4 Å². The molecule has 7 heteroatoms. The molecule has 2 aromatic rings. The number of esters is 1. The number of nitrogens with one attached hydrogen (secondary N) is 1. The Kier molecular flexibility index (Phi) is 6.46. The number of benzene rings is 2. The van der Waals surface area contributed by atoms with Crippen LogP contribution in [0.3, 0.4) is 0 Å². The molecule has 0 bridgehead atoms. The Hall–Kier alpha value is -2.24. The van der Waals surface area contributed by atoms with Crippen molar-refractivity contribution >= 4 is 35.1 Å². The molecule has 0 saturated heterocycles. The summed E-state index contributed by atoms with van der Waals surface area (Å²) in [4.78, 5) is 23.7. The van der Waals surface area contributed by atoms with Crippen LogP contribution in [0.15, 0.2) is 42.5 Å². The van der Waals surface area contributed by atoms with Crippen LogP contribution in [0.5, 0.6) is 5.75 Å². The van der Waals surface area contributed by atoms with Crippen LogP contribution in [-0.2, 0) is 16.1 Å². The number of hydrogen-bond acceptors (Lipinski definition) is 4. The molecule has 0 saturated carbocycles. The van der Waals surface area contributed by atoms with Crippen molar-refractivity contribution in [1.29, 1.82) is 0 Å². The van der Waals surface area contributed by atoms with Crippen molar-refractivity contribution in [2.75, 3.05) is 13.7 Å². The molecular formula is C17H15Cl2NO4. The average molecular weight is 368 g/mol. The van der Waals surface area contributed by atoms with Crippen LogP contribution < -0.4 is 10.1 Å². The number of halogens is 2. The van der Waals surface area contributed by atoms with Gasteiger partial charge in [-0.25, -0.2) is 4.79 Å². The summed E-state index contributed by atoms with van der Waals surface area (Å²) in [6.07, 6.45) is 0. The summed E-state index contributed by atoms with van der Waals surface area (Å²) >= 11 is 11.8. The first-order valence-electron chi connectivity index (χ1n) is 7.02. The minimum absolute atomic E-state index is 0.0998. The van der Waals surface area contributed by atoms with Crippen LogP contribution >= 0.6 is 23.2 Å². The highest BCUT2D eigenvalue weighted by Crippen LogP contribution is 2.25. The van der Waals surface area contributed by atoms with Crippen LogP contribution in [0.25, 0.3) is 0 Å². The second kappa shape index (κ2) is 8.57. The molecule has 0 aliphatic carbocycles. The zero-order valence-corrected chi connectivity index (χ0v) is 14.4. The molecule has 0 atom stereocenters. The molecular weight excluding hydrogens is 353 g/mol. The van der Waals surface area contributed by atoms with Gasteiger partial charge in [0.25, 0.3) is 5.91 Å². The average Bonchev–Trinajstić information content (AvgIpc) is 2.60. The van der Waals surface area contributed by atoms with Crippen molar-refractivity contribution in [3.8, 4) is 5.75 Å². The summed E-state index contributed by atoms with van der Waals surface area (Å²) in [7, 11) is 1.58. The summed E-state index contributed by atoms with van der Waals surface area (Å²) in [6, 6.07) is 11.9. The van der Waals surface area contributed by atoms with Crippen molar-refractivity contribution in [2.45, 2.75) is 6.54 Å². The quantitative estimate of drug-likeness (QED) is 0.793. The number of carbonyl (C=O) groups excluding carboxylic acids is 2. The third-order valence-electron chi connectivity index (χ3n) is 3.15. The van der Waals surface area contributed by atoms with E-state index in [1.54, 1.807) is 31.4 Å². The maximum atomic E-state index is 11.9. The van der Waals surface area contributed by atoms with E-state index in [2.05, 4.69) is 5.32 Å². The first-order chi connectivity index (χ1) is 11.5. The van der Waals surface area contributed by atoms with Gasteiger partial charge in [-0.2, -0.15) is 0 Å². The minimum atomic E-state index is -0.706. The zero-order valence-electron chi connectivity index (χ0n) is 12.8. The molecule has 0 heterocycles. The molecule has 0 radical (unpaired) electrons. The van der Waals surface area contributed by atoms with Crippen LogP contribution in [0.4, 0.5) is 0 Å². The summed E-state index contributed by atoms with van der Waals surface area (Å²) in [6.45, 7) is -0.0872. The Morgan fingerprint density at radius 2 is 1.79 bits per heavy atom. The number of hydrogen-bond donors (Lipinski definition) is 1. The van der Waals surface area contributed by atoms with Gasteiger partial charge in [0.1, 0.15) is 5.75 Å². The molecule has 0 aliphatic heterocycles. The van der Waals surface area contributed by atoms with E-state index < -0.39 is 18.5 Å². The summed E-state index contributed by atoms with van der Waals surface area (Å²) in [5.41, 5.74) is 1.01. The first kappa shape index (κ1) is 18.1. The van der Waals surface area contributed by atoms with E-state index in [9.17, 15) is 9.59 Å². The smallest absolute Gasteiger partial charge is 0.340 e. The Labute approximate surface area is 149 Å². The van der Waals surface area contributed by atoms with Gasteiger partial charge in [-0.15, -0.1) is 0 Å². The van der Waals surface area contributed by atoms with E-state index in [0.717, 1.165) is 11.3 Å². The largest absolute Gasteiger partial charge is 0.497 e. The number of ether oxygens (including phenoxy) is 2. The van der Waals surface area contributed by atoms with Gasteiger partial charge in [0, 0.05) is 6.54 Å². The first-order valence-corrected chi connectivity index (χ1v) is 7.77. The summed E-state index contributed by atoms with van der Waals surface area (Å²) in [5, 5.41) is 3.00. The monoisotopic (exact) mass is 367 g/mol. The lowest BCUT2D eigenvalue weighted by atomic mass is 10.2. The molecule has 5 nitrogen and oxygen atoms in total. The third-order valence-corrected chi connectivity index (χ3v) is 3.97. The van der Waals surface area contributed by atoms with E-state index in [-0.39, 0.29) is 15.6 Å². The van der Waals surface area contributed by atoms with E-state index in [1.807, 2.05) is 12.1 Å². The second-order valence-corrected chi connectivity index (χ2v) is 5.59. The molecule has 1 amide bonds. The van der Waals surface area contributed by atoms with Crippen molar-refractivity contribution in [3.05, 3.63) is 63.6 Å². The van der Waals surface area contributed by atoms with Crippen LogP contribution in [0.2, 0.25) is 10.0 Å². The lowest BCUT2D eigenvalue weighted by Crippen LogP contribution is -2.28. The number of amides is 1. The van der Waals surface area contributed by atoms with E-state index >= 15 is 0 Å². The molecule has 0 unspecified atom stereocenters. The lowest BCUT2D eigenvalue weighted by Gasteiger charge is -2.08. The van der Waals surface area contributed by atoms with E-state index in [0.29, 0.717) is 6.54 Å². The van der Waals surface area contributed by atoms with Gasteiger partial charge in [0.2, 0.25) is 0 Å². The Morgan fingerprint density at radius 1 is 1.08 bits per heavy atom. The second-order valence-electron chi connectivity index (χ2n) is 4.80. The summed E-state index contributed by atoms with van der Waals surface area (Å²) < 4.78 is 9.99. The molecule has 0 aromatic heterocycles. The van der Waals surface area contributed by atoms with Gasteiger partial charge in [-0.05, 0) is 29.8 Å². The van der Waals surface area contributed by atoms with Gasteiger partial charge in [0.15, 0.2) is 6.61 Å².